The zero-order valence-electron chi connectivity index (χ0n) is 10.9. The minimum absolute atomic E-state index is 0.281. The number of hydrogen-bond donors (Lipinski definition) is 1. The molecule has 1 heteroatoms. The van der Waals surface area contributed by atoms with Gasteiger partial charge in [-0.05, 0) is 46.9 Å². The molecule has 1 nitrogen and oxygen atoms in total. The highest BCUT2D eigenvalue weighted by molar-refractivity contribution is 5.44. The van der Waals surface area contributed by atoms with E-state index in [-0.39, 0.29) is 5.41 Å². The summed E-state index contributed by atoms with van der Waals surface area (Å²) in [6.45, 7) is 10.2. The SMILES string of the molecule is CC1(C)Cc2cc(CCN)ccc2C1(C)C. The molecule has 0 saturated heterocycles. The van der Waals surface area contributed by atoms with E-state index in [1.165, 1.54) is 23.1 Å². The third-order valence-electron chi connectivity index (χ3n) is 4.60. The summed E-state index contributed by atoms with van der Waals surface area (Å²) in [4.78, 5) is 0. The first kappa shape index (κ1) is 11.7. The number of fused-ring (bicyclic) bond motifs is 1. The average molecular weight is 217 g/mol. The van der Waals surface area contributed by atoms with Gasteiger partial charge in [-0.15, -0.1) is 0 Å². The van der Waals surface area contributed by atoms with Gasteiger partial charge >= 0.3 is 0 Å². The van der Waals surface area contributed by atoms with Gasteiger partial charge in [0.1, 0.15) is 0 Å². The monoisotopic (exact) mass is 217 g/mol. The normalized spacial score (nSPS) is 20.8. The molecule has 0 amide bonds. The number of rotatable bonds is 2. The van der Waals surface area contributed by atoms with E-state index < -0.39 is 0 Å². The van der Waals surface area contributed by atoms with E-state index in [9.17, 15) is 0 Å². The molecule has 16 heavy (non-hydrogen) atoms. The Morgan fingerprint density at radius 1 is 1.19 bits per heavy atom. The molecule has 1 aliphatic carbocycles. The highest BCUT2D eigenvalue weighted by atomic mass is 14.5. The van der Waals surface area contributed by atoms with Crippen LogP contribution in [-0.2, 0) is 18.3 Å². The maximum Gasteiger partial charge on any atom is -0.00367 e. The van der Waals surface area contributed by atoms with Gasteiger partial charge in [-0.1, -0.05) is 45.9 Å². The van der Waals surface area contributed by atoms with Crippen LogP contribution in [0.3, 0.4) is 0 Å². The lowest BCUT2D eigenvalue weighted by molar-refractivity contribution is 0.225. The van der Waals surface area contributed by atoms with Crippen LogP contribution in [0, 0.1) is 5.41 Å². The van der Waals surface area contributed by atoms with E-state index in [2.05, 4.69) is 45.9 Å². The molecular formula is C15H23N. The van der Waals surface area contributed by atoms with Gasteiger partial charge in [-0.2, -0.15) is 0 Å². The van der Waals surface area contributed by atoms with E-state index in [1.54, 1.807) is 0 Å². The summed E-state index contributed by atoms with van der Waals surface area (Å²) in [7, 11) is 0. The van der Waals surface area contributed by atoms with Crippen LogP contribution in [0.5, 0.6) is 0 Å². The molecule has 0 heterocycles. The van der Waals surface area contributed by atoms with Gasteiger partial charge in [0.25, 0.3) is 0 Å². The van der Waals surface area contributed by atoms with Crippen molar-refractivity contribution < 1.29 is 0 Å². The van der Waals surface area contributed by atoms with Gasteiger partial charge in [0.2, 0.25) is 0 Å². The van der Waals surface area contributed by atoms with Crippen LogP contribution in [0.4, 0.5) is 0 Å². The Labute approximate surface area is 99.0 Å². The predicted octanol–water partition coefficient (Wildman–Crippen LogP) is 3.05. The van der Waals surface area contributed by atoms with Gasteiger partial charge in [0.15, 0.2) is 0 Å². The van der Waals surface area contributed by atoms with Crippen molar-refractivity contribution in [2.75, 3.05) is 6.54 Å². The Hall–Kier alpha value is -0.820. The van der Waals surface area contributed by atoms with E-state index in [4.69, 9.17) is 5.73 Å². The molecule has 0 radical (unpaired) electrons. The van der Waals surface area contributed by atoms with Crippen molar-refractivity contribution in [1.82, 2.24) is 0 Å². The molecule has 0 saturated carbocycles. The third kappa shape index (κ3) is 1.58. The van der Waals surface area contributed by atoms with Crippen molar-refractivity contribution in [3.8, 4) is 0 Å². The summed E-state index contributed by atoms with van der Waals surface area (Å²) in [5.74, 6) is 0. The lowest BCUT2D eigenvalue weighted by atomic mass is 9.69. The van der Waals surface area contributed by atoms with Gasteiger partial charge in [0, 0.05) is 0 Å². The molecule has 1 aliphatic rings. The fourth-order valence-corrected chi connectivity index (χ4v) is 2.79. The zero-order valence-corrected chi connectivity index (χ0v) is 10.9. The van der Waals surface area contributed by atoms with Crippen molar-refractivity contribution in [2.24, 2.45) is 11.1 Å². The summed E-state index contributed by atoms with van der Waals surface area (Å²) in [6, 6.07) is 6.92. The molecule has 0 unspecified atom stereocenters. The number of nitrogens with two attached hydrogens (primary N) is 1. The molecule has 0 atom stereocenters. The first-order chi connectivity index (χ1) is 7.38. The molecule has 1 aromatic carbocycles. The minimum atomic E-state index is 0.281. The van der Waals surface area contributed by atoms with Crippen LogP contribution in [0.25, 0.3) is 0 Å². The summed E-state index contributed by atoms with van der Waals surface area (Å²) in [6.07, 6.45) is 2.18. The molecule has 1 aromatic rings. The van der Waals surface area contributed by atoms with Crippen LogP contribution in [0.1, 0.15) is 44.4 Å². The van der Waals surface area contributed by atoms with E-state index in [0.29, 0.717) is 5.41 Å². The smallest absolute Gasteiger partial charge is 0.00367 e. The van der Waals surface area contributed by atoms with Crippen LogP contribution in [0.15, 0.2) is 18.2 Å². The lowest BCUT2D eigenvalue weighted by Crippen LogP contribution is -2.32. The fraction of sp³-hybridized carbons (Fsp3) is 0.600. The first-order valence-electron chi connectivity index (χ1n) is 6.21. The standard InChI is InChI=1S/C15H23N/c1-14(2)10-12-9-11(7-8-16)5-6-13(12)15(14,3)4/h5-6,9H,7-8,10,16H2,1-4H3. The second-order valence-electron chi connectivity index (χ2n) is 6.22. The zero-order chi connectivity index (χ0) is 12.0. The molecule has 0 aliphatic heterocycles. The van der Waals surface area contributed by atoms with Crippen LogP contribution in [0.2, 0.25) is 0 Å². The molecule has 0 bridgehead atoms. The van der Waals surface area contributed by atoms with Crippen LogP contribution in [-0.4, -0.2) is 6.54 Å². The largest absolute Gasteiger partial charge is 0.330 e. The average Bonchev–Trinajstić information content (AvgIpc) is 2.33. The second-order valence-corrected chi connectivity index (χ2v) is 6.22. The minimum Gasteiger partial charge on any atom is -0.330 e. The summed E-state index contributed by atoms with van der Waals surface area (Å²) >= 11 is 0. The molecule has 0 spiro atoms. The molecule has 2 N–H and O–H groups in total. The van der Waals surface area contributed by atoms with E-state index >= 15 is 0 Å². The van der Waals surface area contributed by atoms with Crippen molar-refractivity contribution in [1.29, 1.82) is 0 Å². The van der Waals surface area contributed by atoms with Crippen molar-refractivity contribution in [3.05, 3.63) is 34.9 Å². The maximum atomic E-state index is 5.61. The number of hydrogen-bond acceptors (Lipinski definition) is 1. The Balaban J connectivity index is 2.44. The Morgan fingerprint density at radius 3 is 2.50 bits per heavy atom. The number of benzene rings is 1. The van der Waals surface area contributed by atoms with Crippen molar-refractivity contribution >= 4 is 0 Å². The first-order valence-corrected chi connectivity index (χ1v) is 6.21. The van der Waals surface area contributed by atoms with E-state index in [1.807, 2.05) is 0 Å². The highest BCUT2D eigenvalue weighted by Gasteiger charge is 2.45. The maximum absolute atomic E-state index is 5.61. The molecule has 0 fully saturated rings. The topological polar surface area (TPSA) is 26.0 Å². The van der Waals surface area contributed by atoms with E-state index in [0.717, 1.165) is 13.0 Å². The quantitative estimate of drug-likeness (QED) is 0.809. The van der Waals surface area contributed by atoms with Gasteiger partial charge < -0.3 is 5.73 Å². The van der Waals surface area contributed by atoms with Gasteiger partial charge in [0.05, 0.1) is 0 Å². The van der Waals surface area contributed by atoms with Crippen molar-refractivity contribution in [2.45, 2.75) is 46.0 Å². The van der Waals surface area contributed by atoms with Gasteiger partial charge in [-0.25, -0.2) is 0 Å². The molecule has 88 valence electrons. The molecule has 0 aromatic heterocycles. The molecular weight excluding hydrogens is 194 g/mol. The summed E-state index contributed by atoms with van der Waals surface area (Å²) in [5, 5.41) is 0. The Morgan fingerprint density at radius 2 is 1.88 bits per heavy atom. The summed E-state index contributed by atoms with van der Waals surface area (Å²) < 4.78 is 0. The Kier molecular flexibility index (Phi) is 2.62. The third-order valence-corrected chi connectivity index (χ3v) is 4.60. The van der Waals surface area contributed by atoms with Gasteiger partial charge in [-0.3, -0.25) is 0 Å². The highest BCUT2D eigenvalue weighted by Crippen LogP contribution is 2.51. The van der Waals surface area contributed by atoms with Crippen LogP contribution >= 0.6 is 0 Å². The lowest BCUT2D eigenvalue weighted by Gasteiger charge is -2.35. The fourth-order valence-electron chi connectivity index (χ4n) is 2.79. The van der Waals surface area contributed by atoms with Crippen LogP contribution < -0.4 is 5.73 Å². The second kappa shape index (κ2) is 3.59. The summed E-state index contributed by atoms with van der Waals surface area (Å²) in [5.41, 5.74) is 10.7. The predicted molar refractivity (Wildman–Crippen MR) is 69.7 cm³/mol. The molecule has 2 rings (SSSR count). The van der Waals surface area contributed by atoms with Crippen molar-refractivity contribution in [3.63, 3.8) is 0 Å². The Bertz CT molecular complexity index is 402.